The van der Waals surface area contributed by atoms with Crippen LogP contribution in [0.2, 0.25) is 5.02 Å². The molecule has 0 N–H and O–H groups in total. The fourth-order valence-corrected chi connectivity index (χ4v) is 2.06. The minimum atomic E-state index is -0.383. The molecule has 1 rings (SSSR count). The highest BCUT2D eigenvalue weighted by Gasteiger charge is 2.23. The van der Waals surface area contributed by atoms with Crippen molar-refractivity contribution >= 4 is 23.5 Å². The smallest absolute Gasteiger partial charge is 0.310 e. The van der Waals surface area contributed by atoms with Gasteiger partial charge in [-0.15, -0.1) is 0 Å². The lowest BCUT2D eigenvalue weighted by Crippen LogP contribution is -2.44. The predicted molar refractivity (Wildman–Crippen MR) is 85.0 cm³/mol. The molecule has 0 aliphatic carbocycles. The lowest BCUT2D eigenvalue weighted by atomic mass is 10.1. The topological polar surface area (TPSA) is 55.8 Å². The number of nitrogens with zero attached hydrogens (tertiary/aromatic N) is 1. The van der Waals surface area contributed by atoms with E-state index in [1.54, 1.807) is 36.1 Å². The molecule has 0 aliphatic heterocycles. The Hall–Kier alpha value is -1.75. The van der Waals surface area contributed by atoms with E-state index >= 15 is 0 Å². The average Bonchev–Trinajstić information content (AvgIpc) is 2.50. The van der Waals surface area contributed by atoms with Crippen molar-refractivity contribution in [2.75, 3.05) is 20.3 Å². The Morgan fingerprint density at radius 2 is 1.77 bits per heavy atom. The molecule has 1 unspecified atom stereocenters. The van der Waals surface area contributed by atoms with E-state index in [0.29, 0.717) is 17.3 Å². The number of carbonyl (C=O) groups is 2. The van der Waals surface area contributed by atoms with Crippen molar-refractivity contribution in [3.05, 3.63) is 29.3 Å². The van der Waals surface area contributed by atoms with Crippen LogP contribution in [-0.2, 0) is 14.3 Å². The third-order valence-corrected chi connectivity index (χ3v) is 3.45. The van der Waals surface area contributed by atoms with E-state index in [1.807, 2.05) is 13.8 Å². The van der Waals surface area contributed by atoms with Crippen LogP contribution in [0.4, 0.5) is 0 Å². The second kappa shape index (κ2) is 8.63. The highest BCUT2D eigenvalue weighted by atomic mass is 35.5. The minimum absolute atomic E-state index is 0.0339. The van der Waals surface area contributed by atoms with E-state index in [4.69, 9.17) is 21.1 Å². The number of hydrogen-bond donors (Lipinski definition) is 0. The van der Waals surface area contributed by atoms with Gasteiger partial charge in [0.2, 0.25) is 0 Å². The summed E-state index contributed by atoms with van der Waals surface area (Å²) in [7, 11) is 1.34. The molecule has 5 nitrogen and oxygen atoms in total. The summed E-state index contributed by atoms with van der Waals surface area (Å²) in [5, 5.41) is 0.606. The lowest BCUT2D eigenvalue weighted by Gasteiger charge is -2.28. The van der Waals surface area contributed by atoms with Gasteiger partial charge in [0, 0.05) is 17.6 Å². The van der Waals surface area contributed by atoms with E-state index in [1.165, 1.54) is 7.11 Å². The standard InChI is InChI=1S/C16H22ClNO4/c1-11(2)18(9-12(3)16(20)21-4)15(19)10-22-14-7-5-13(17)6-8-14/h5-8,11-12H,9-10H2,1-4H3. The quantitative estimate of drug-likeness (QED) is 0.723. The normalized spacial score (nSPS) is 11.9. The fourth-order valence-electron chi connectivity index (χ4n) is 1.93. The van der Waals surface area contributed by atoms with Crippen LogP contribution < -0.4 is 4.74 Å². The molecule has 1 amide bonds. The van der Waals surface area contributed by atoms with Gasteiger partial charge in [-0.3, -0.25) is 9.59 Å². The molecule has 0 aromatic heterocycles. The van der Waals surface area contributed by atoms with Gasteiger partial charge >= 0.3 is 5.97 Å². The maximum atomic E-state index is 12.3. The highest BCUT2D eigenvalue weighted by molar-refractivity contribution is 6.30. The number of rotatable bonds is 7. The van der Waals surface area contributed by atoms with Gasteiger partial charge in [-0.1, -0.05) is 18.5 Å². The monoisotopic (exact) mass is 327 g/mol. The van der Waals surface area contributed by atoms with Crippen molar-refractivity contribution in [3.8, 4) is 5.75 Å². The number of esters is 1. The first kappa shape index (κ1) is 18.3. The largest absolute Gasteiger partial charge is 0.484 e. The minimum Gasteiger partial charge on any atom is -0.484 e. The van der Waals surface area contributed by atoms with Crippen LogP contribution in [-0.4, -0.2) is 43.1 Å². The molecule has 0 fully saturated rings. The van der Waals surface area contributed by atoms with Crippen molar-refractivity contribution in [2.24, 2.45) is 5.92 Å². The van der Waals surface area contributed by atoms with Gasteiger partial charge in [-0.05, 0) is 38.1 Å². The van der Waals surface area contributed by atoms with Gasteiger partial charge in [-0.25, -0.2) is 0 Å². The number of hydrogen-bond acceptors (Lipinski definition) is 4. The summed E-state index contributed by atoms with van der Waals surface area (Å²) in [5.74, 6) is -0.327. The summed E-state index contributed by atoms with van der Waals surface area (Å²) in [6.45, 7) is 5.73. The van der Waals surface area contributed by atoms with Crippen LogP contribution in [0.25, 0.3) is 0 Å². The maximum Gasteiger partial charge on any atom is 0.310 e. The van der Waals surface area contributed by atoms with Crippen LogP contribution in [0.3, 0.4) is 0 Å². The van der Waals surface area contributed by atoms with E-state index in [2.05, 4.69) is 0 Å². The van der Waals surface area contributed by atoms with Gasteiger partial charge < -0.3 is 14.4 Å². The predicted octanol–water partition coefficient (Wildman–Crippen LogP) is 2.76. The van der Waals surface area contributed by atoms with Crippen LogP contribution in [0, 0.1) is 5.92 Å². The summed E-state index contributed by atoms with van der Waals surface area (Å²) < 4.78 is 10.1. The summed E-state index contributed by atoms with van der Waals surface area (Å²) in [5.41, 5.74) is 0. The van der Waals surface area contributed by atoms with E-state index < -0.39 is 0 Å². The first-order valence-corrected chi connectivity index (χ1v) is 7.48. The SMILES string of the molecule is COC(=O)C(C)CN(C(=O)COc1ccc(Cl)cc1)C(C)C. The third kappa shape index (κ3) is 5.56. The number of methoxy groups -OCH3 is 1. The number of carbonyl (C=O) groups excluding carboxylic acids is 2. The zero-order valence-corrected chi connectivity index (χ0v) is 14.1. The molecule has 0 bridgehead atoms. The summed E-state index contributed by atoms with van der Waals surface area (Å²) in [4.78, 5) is 25.4. The molecular formula is C16H22ClNO4. The van der Waals surface area contributed by atoms with Gasteiger partial charge in [0.15, 0.2) is 6.61 Å². The van der Waals surface area contributed by atoms with Crippen molar-refractivity contribution in [2.45, 2.75) is 26.8 Å². The van der Waals surface area contributed by atoms with Crippen LogP contribution in [0.5, 0.6) is 5.75 Å². The highest BCUT2D eigenvalue weighted by Crippen LogP contribution is 2.16. The van der Waals surface area contributed by atoms with E-state index in [-0.39, 0.29) is 30.4 Å². The first-order valence-electron chi connectivity index (χ1n) is 7.10. The zero-order chi connectivity index (χ0) is 16.7. The second-order valence-electron chi connectivity index (χ2n) is 5.31. The Labute approximate surface area is 136 Å². The molecule has 1 atom stereocenters. The number of benzene rings is 1. The maximum absolute atomic E-state index is 12.3. The summed E-state index contributed by atoms with van der Waals surface area (Å²) >= 11 is 5.79. The average molecular weight is 328 g/mol. The van der Waals surface area contributed by atoms with Gasteiger partial charge in [0.05, 0.1) is 13.0 Å². The number of halogens is 1. The molecular weight excluding hydrogens is 306 g/mol. The second-order valence-corrected chi connectivity index (χ2v) is 5.74. The molecule has 6 heteroatoms. The Kier molecular flexibility index (Phi) is 7.18. The van der Waals surface area contributed by atoms with Crippen LogP contribution >= 0.6 is 11.6 Å². The van der Waals surface area contributed by atoms with E-state index in [9.17, 15) is 9.59 Å². The summed E-state index contributed by atoms with van der Waals surface area (Å²) in [6.07, 6.45) is 0. The fraction of sp³-hybridized carbons (Fsp3) is 0.500. The van der Waals surface area contributed by atoms with Crippen molar-refractivity contribution < 1.29 is 19.1 Å². The number of amides is 1. The molecule has 0 heterocycles. The number of ether oxygens (including phenoxy) is 2. The molecule has 1 aromatic rings. The Bertz CT molecular complexity index is 501. The first-order chi connectivity index (χ1) is 10.3. The molecule has 0 spiro atoms. The van der Waals surface area contributed by atoms with E-state index in [0.717, 1.165) is 0 Å². The zero-order valence-electron chi connectivity index (χ0n) is 13.3. The molecule has 0 saturated heterocycles. The molecule has 1 aromatic carbocycles. The Balaban J connectivity index is 2.61. The van der Waals surface area contributed by atoms with Crippen molar-refractivity contribution in [1.82, 2.24) is 4.90 Å². The third-order valence-electron chi connectivity index (χ3n) is 3.19. The van der Waals surface area contributed by atoms with Crippen molar-refractivity contribution in [1.29, 1.82) is 0 Å². The molecule has 22 heavy (non-hydrogen) atoms. The molecule has 122 valence electrons. The molecule has 0 saturated carbocycles. The Morgan fingerprint density at radius 3 is 2.27 bits per heavy atom. The van der Waals surface area contributed by atoms with Crippen molar-refractivity contribution in [3.63, 3.8) is 0 Å². The molecule has 0 aliphatic rings. The Morgan fingerprint density at radius 1 is 1.18 bits per heavy atom. The van der Waals surface area contributed by atoms with Gasteiger partial charge in [-0.2, -0.15) is 0 Å². The van der Waals surface area contributed by atoms with Gasteiger partial charge in [0.1, 0.15) is 5.75 Å². The summed E-state index contributed by atoms with van der Waals surface area (Å²) in [6, 6.07) is 6.76. The van der Waals surface area contributed by atoms with Crippen LogP contribution in [0.15, 0.2) is 24.3 Å². The molecule has 0 radical (unpaired) electrons. The van der Waals surface area contributed by atoms with Gasteiger partial charge in [0.25, 0.3) is 5.91 Å². The van der Waals surface area contributed by atoms with Crippen LogP contribution in [0.1, 0.15) is 20.8 Å². The lowest BCUT2D eigenvalue weighted by molar-refractivity contribution is -0.147.